The van der Waals surface area contributed by atoms with Crippen molar-refractivity contribution in [2.45, 2.75) is 18.9 Å². The van der Waals surface area contributed by atoms with Crippen LogP contribution >= 0.6 is 27.5 Å². The molecule has 19 heavy (non-hydrogen) atoms. The van der Waals surface area contributed by atoms with Crippen LogP contribution in [0.2, 0.25) is 5.02 Å². The molecule has 1 amide bonds. The summed E-state index contributed by atoms with van der Waals surface area (Å²) in [5.41, 5.74) is -1.17. The van der Waals surface area contributed by atoms with Crippen molar-refractivity contribution in [1.29, 1.82) is 0 Å². The molecule has 0 saturated heterocycles. The summed E-state index contributed by atoms with van der Waals surface area (Å²) in [6.07, 6.45) is -0.450. The van der Waals surface area contributed by atoms with Gasteiger partial charge in [-0.3, -0.25) is 9.59 Å². The molecule has 0 saturated carbocycles. The summed E-state index contributed by atoms with van der Waals surface area (Å²) in [5, 5.41) is 21.2. The van der Waals surface area contributed by atoms with Crippen LogP contribution in [0.4, 0.5) is 0 Å². The topological polar surface area (TPSA) is 86.6 Å². The van der Waals surface area contributed by atoms with E-state index in [0.717, 1.165) is 0 Å². The lowest BCUT2D eigenvalue weighted by Gasteiger charge is -2.21. The van der Waals surface area contributed by atoms with Crippen molar-refractivity contribution >= 4 is 39.4 Å². The van der Waals surface area contributed by atoms with E-state index >= 15 is 0 Å². The Balaban J connectivity index is 2.65. The molecule has 1 atom stereocenters. The van der Waals surface area contributed by atoms with Gasteiger partial charge in [-0.25, -0.2) is 0 Å². The fraction of sp³-hybridized carbons (Fsp3) is 0.333. The van der Waals surface area contributed by atoms with Gasteiger partial charge in [-0.1, -0.05) is 11.6 Å². The van der Waals surface area contributed by atoms with Crippen molar-refractivity contribution in [1.82, 2.24) is 5.32 Å². The third-order valence-electron chi connectivity index (χ3n) is 2.34. The molecule has 0 fully saturated rings. The zero-order chi connectivity index (χ0) is 14.6. The maximum Gasteiger partial charge on any atom is 0.306 e. The van der Waals surface area contributed by atoms with Crippen molar-refractivity contribution in [2.24, 2.45) is 0 Å². The molecule has 1 rings (SSSR count). The van der Waals surface area contributed by atoms with Crippen LogP contribution in [0.15, 0.2) is 22.7 Å². The lowest BCUT2D eigenvalue weighted by Crippen LogP contribution is -2.42. The van der Waals surface area contributed by atoms with Crippen LogP contribution in [0, 0.1) is 0 Å². The summed E-state index contributed by atoms with van der Waals surface area (Å²) in [6, 6.07) is 4.68. The molecule has 0 radical (unpaired) electrons. The second-order valence-electron chi connectivity index (χ2n) is 4.38. The Bertz CT molecular complexity index is 505. The highest BCUT2D eigenvalue weighted by atomic mass is 79.9. The van der Waals surface area contributed by atoms with E-state index in [2.05, 4.69) is 21.2 Å². The molecule has 0 aromatic heterocycles. The maximum atomic E-state index is 11.8. The SMILES string of the molecule is CC(O)(CNC(=O)c1ccc(Br)c(Cl)c1)CC(=O)O. The minimum absolute atomic E-state index is 0.161. The van der Waals surface area contributed by atoms with Gasteiger partial charge < -0.3 is 15.5 Å². The number of benzene rings is 1. The number of aliphatic hydroxyl groups is 1. The van der Waals surface area contributed by atoms with E-state index in [1.54, 1.807) is 12.1 Å². The van der Waals surface area contributed by atoms with Crippen molar-refractivity contribution in [3.8, 4) is 0 Å². The first-order valence-electron chi connectivity index (χ1n) is 5.39. The molecule has 5 nitrogen and oxygen atoms in total. The Hall–Kier alpha value is -1.11. The number of carboxylic acids is 1. The van der Waals surface area contributed by atoms with E-state index in [1.165, 1.54) is 13.0 Å². The molecule has 0 aliphatic rings. The Morgan fingerprint density at radius 1 is 1.47 bits per heavy atom. The minimum atomic E-state index is -1.50. The summed E-state index contributed by atoms with van der Waals surface area (Å²) >= 11 is 9.07. The molecule has 1 aromatic rings. The Morgan fingerprint density at radius 3 is 2.63 bits per heavy atom. The number of carbonyl (C=O) groups is 2. The minimum Gasteiger partial charge on any atom is -0.481 e. The zero-order valence-corrected chi connectivity index (χ0v) is 12.5. The number of nitrogens with one attached hydrogen (secondary N) is 1. The van der Waals surface area contributed by atoms with Gasteiger partial charge in [-0.2, -0.15) is 0 Å². The second-order valence-corrected chi connectivity index (χ2v) is 5.64. The smallest absolute Gasteiger partial charge is 0.306 e. The van der Waals surface area contributed by atoms with Gasteiger partial charge in [-0.15, -0.1) is 0 Å². The van der Waals surface area contributed by atoms with Gasteiger partial charge in [0.2, 0.25) is 0 Å². The molecule has 3 N–H and O–H groups in total. The first-order chi connectivity index (χ1) is 8.71. The number of carbonyl (C=O) groups excluding carboxylic acids is 1. The lowest BCUT2D eigenvalue weighted by atomic mass is 10.0. The van der Waals surface area contributed by atoms with E-state index in [4.69, 9.17) is 16.7 Å². The molecule has 0 aliphatic carbocycles. The largest absolute Gasteiger partial charge is 0.481 e. The lowest BCUT2D eigenvalue weighted by molar-refractivity contribution is -0.141. The Morgan fingerprint density at radius 2 is 2.11 bits per heavy atom. The number of carboxylic acid groups (broad SMARTS) is 1. The maximum absolute atomic E-state index is 11.8. The van der Waals surface area contributed by atoms with Crippen LogP contribution in [0.5, 0.6) is 0 Å². The van der Waals surface area contributed by atoms with Crippen molar-refractivity contribution < 1.29 is 19.8 Å². The summed E-state index contributed by atoms with van der Waals surface area (Å²) in [5.74, 6) is -1.56. The molecular formula is C12H13BrClNO4. The molecule has 1 aromatic carbocycles. The fourth-order valence-electron chi connectivity index (χ4n) is 1.40. The van der Waals surface area contributed by atoms with Gasteiger partial charge in [0.1, 0.15) is 0 Å². The van der Waals surface area contributed by atoms with Gasteiger partial charge in [0, 0.05) is 16.6 Å². The molecule has 0 heterocycles. The third-order valence-corrected chi connectivity index (χ3v) is 3.58. The van der Waals surface area contributed by atoms with Crippen LogP contribution in [0.25, 0.3) is 0 Å². The predicted octanol–water partition coefficient (Wildman–Crippen LogP) is 2.06. The molecule has 104 valence electrons. The standard InChI is InChI=1S/C12H13BrClNO4/c1-12(19,5-10(16)17)6-15-11(18)7-2-3-8(13)9(14)4-7/h2-4,19H,5-6H2,1H3,(H,15,18)(H,16,17). The third kappa shape index (κ3) is 5.18. The van der Waals surface area contributed by atoms with Crippen LogP contribution in [0.1, 0.15) is 23.7 Å². The average Bonchev–Trinajstić information content (AvgIpc) is 2.28. The van der Waals surface area contributed by atoms with Gasteiger partial charge in [-0.05, 0) is 41.1 Å². The van der Waals surface area contributed by atoms with E-state index in [0.29, 0.717) is 15.1 Å². The van der Waals surface area contributed by atoms with Crippen LogP contribution in [-0.4, -0.2) is 34.2 Å². The zero-order valence-electron chi connectivity index (χ0n) is 10.1. The van der Waals surface area contributed by atoms with Gasteiger partial charge in [0.15, 0.2) is 0 Å². The highest BCUT2D eigenvalue weighted by Gasteiger charge is 2.25. The molecule has 0 aliphatic heterocycles. The molecular weight excluding hydrogens is 337 g/mol. The van der Waals surface area contributed by atoms with Crippen LogP contribution < -0.4 is 5.32 Å². The van der Waals surface area contributed by atoms with Gasteiger partial charge in [0.05, 0.1) is 17.0 Å². The molecule has 0 spiro atoms. The van der Waals surface area contributed by atoms with Gasteiger partial charge >= 0.3 is 5.97 Å². The summed E-state index contributed by atoms with van der Waals surface area (Å²) in [7, 11) is 0. The monoisotopic (exact) mass is 349 g/mol. The number of amides is 1. The number of hydrogen-bond acceptors (Lipinski definition) is 3. The highest BCUT2D eigenvalue weighted by molar-refractivity contribution is 9.10. The first-order valence-corrected chi connectivity index (χ1v) is 6.56. The Labute approximate surface area is 123 Å². The predicted molar refractivity (Wildman–Crippen MR) is 74.4 cm³/mol. The summed E-state index contributed by atoms with van der Waals surface area (Å²) in [6.45, 7) is 1.18. The van der Waals surface area contributed by atoms with E-state index in [1.807, 2.05) is 0 Å². The van der Waals surface area contributed by atoms with E-state index in [9.17, 15) is 14.7 Å². The second kappa shape index (κ2) is 6.36. The average molecular weight is 351 g/mol. The first kappa shape index (κ1) is 15.9. The number of hydrogen-bond donors (Lipinski definition) is 3. The van der Waals surface area contributed by atoms with Crippen molar-refractivity contribution in [3.05, 3.63) is 33.3 Å². The molecule has 1 unspecified atom stereocenters. The van der Waals surface area contributed by atoms with Crippen molar-refractivity contribution in [2.75, 3.05) is 6.54 Å². The van der Waals surface area contributed by atoms with E-state index < -0.39 is 23.9 Å². The summed E-state index contributed by atoms with van der Waals surface area (Å²) in [4.78, 5) is 22.3. The normalized spacial score (nSPS) is 13.7. The van der Waals surface area contributed by atoms with Crippen molar-refractivity contribution in [3.63, 3.8) is 0 Å². The van der Waals surface area contributed by atoms with Crippen LogP contribution in [-0.2, 0) is 4.79 Å². The number of halogens is 2. The number of aliphatic carboxylic acids is 1. The Kier molecular flexibility index (Phi) is 5.34. The van der Waals surface area contributed by atoms with Gasteiger partial charge in [0.25, 0.3) is 5.91 Å². The molecule has 7 heteroatoms. The summed E-state index contributed by atoms with van der Waals surface area (Å²) < 4.78 is 0.670. The molecule has 0 bridgehead atoms. The highest BCUT2D eigenvalue weighted by Crippen LogP contribution is 2.23. The fourth-order valence-corrected chi connectivity index (χ4v) is 1.83. The van der Waals surface area contributed by atoms with E-state index in [-0.39, 0.29) is 6.54 Å². The number of rotatable bonds is 5. The quantitative estimate of drug-likeness (QED) is 0.758. The van der Waals surface area contributed by atoms with Crippen LogP contribution in [0.3, 0.4) is 0 Å².